The SMILES string of the molecule is CC(=O)Nc1ccc(NC(=O)c2cc(Br)c[nH]2)cc1C. The van der Waals surface area contributed by atoms with Gasteiger partial charge < -0.3 is 15.6 Å². The summed E-state index contributed by atoms with van der Waals surface area (Å²) in [5.74, 6) is -0.344. The first-order valence-electron chi connectivity index (χ1n) is 5.99. The second-order valence-electron chi connectivity index (χ2n) is 4.40. The van der Waals surface area contributed by atoms with Crippen LogP contribution in [0.5, 0.6) is 0 Å². The molecule has 1 aromatic carbocycles. The van der Waals surface area contributed by atoms with E-state index in [1.54, 1.807) is 30.5 Å². The molecule has 0 radical (unpaired) electrons. The van der Waals surface area contributed by atoms with E-state index < -0.39 is 0 Å². The molecule has 1 aromatic heterocycles. The zero-order chi connectivity index (χ0) is 14.7. The lowest BCUT2D eigenvalue weighted by atomic mass is 10.1. The van der Waals surface area contributed by atoms with Gasteiger partial charge in [0.2, 0.25) is 5.91 Å². The number of halogens is 1. The van der Waals surface area contributed by atoms with Crippen LogP contribution in [0.2, 0.25) is 0 Å². The monoisotopic (exact) mass is 335 g/mol. The predicted molar refractivity (Wildman–Crippen MR) is 81.9 cm³/mol. The molecule has 104 valence electrons. The number of carbonyl (C=O) groups is 2. The maximum atomic E-state index is 12.0. The maximum Gasteiger partial charge on any atom is 0.272 e. The van der Waals surface area contributed by atoms with Crippen molar-refractivity contribution in [3.05, 3.63) is 46.2 Å². The Morgan fingerprint density at radius 3 is 2.50 bits per heavy atom. The largest absolute Gasteiger partial charge is 0.356 e. The Morgan fingerprint density at radius 2 is 1.95 bits per heavy atom. The third-order valence-electron chi connectivity index (χ3n) is 2.69. The summed E-state index contributed by atoms with van der Waals surface area (Å²) in [6.07, 6.45) is 1.69. The first kappa shape index (κ1) is 14.3. The number of benzene rings is 1. The van der Waals surface area contributed by atoms with Gasteiger partial charge >= 0.3 is 0 Å². The van der Waals surface area contributed by atoms with Crippen LogP contribution in [0.1, 0.15) is 23.0 Å². The lowest BCUT2D eigenvalue weighted by molar-refractivity contribution is -0.114. The summed E-state index contributed by atoms with van der Waals surface area (Å²) >= 11 is 3.28. The highest BCUT2D eigenvalue weighted by atomic mass is 79.9. The molecule has 0 fully saturated rings. The van der Waals surface area contributed by atoms with Crippen LogP contribution < -0.4 is 10.6 Å². The van der Waals surface area contributed by atoms with Gasteiger partial charge in [0, 0.05) is 29.0 Å². The summed E-state index contributed by atoms with van der Waals surface area (Å²) in [6.45, 7) is 3.32. The summed E-state index contributed by atoms with van der Waals surface area (Å²) < 4.78 is 0.819. The standard InChI is InChI=1S/C14H14BrN3O2/c1-8-5-11(3-4-12(8)17-9(2)19)18-14(20)13-6-10(15)7-16-13/h3-7,16H,1-2H3,(H,17,19)(H,18,20). The molecule has 0 spiro atoms. The van der Waals surface area contributed by atoms with Gasteiger partial charge in [0.1, 0.15) is 5.69 Å². The van der Waals surface area contributed by atoms with Crippen molar-refractivity contribution in [3.63, 3.8) is 0 Å². The molecule has 0 saturated carbocycles. The average Bonchev–Trinajstić information content (AvgIpc) is 2.79. The van der Waals surface area contributed by atoms with Crippen LogP contribution in [0, 0.1) is 6.92 Å². The van der Waals surface area contributed by atoms with E-state index in [0.29, 0.717) is 11.4 Å². The zero-order valence-electron chi connectivity index (χ0n) is 11.1. The summed E-state index contributed by atoms with van der Waals surface area (Å²) in [5.41, 5.74) is 2.76. The predicted octanol–water partition coefficient (Wildman–Crippen LogP) is 3.30. The molecule has 0 saturated heterocycles. The number of hydrogen-bond acceptors (Lipinski definition) is 2. The smallest absolute Gasteiger partial charge is 0.272 e. The summed E-state index contributed by atoms with van der Waals surface area (Å²) in [4.78, 5) is 25.9. The minimum atomic E-state index is -0.220. The van der Waals surface area contributed by atoms with E-state index in [4.69, 9.17) is 0 Å². The number of H-pyrrole nitrogens is 1. The molecule has 2 aromatic rings. The molecule has 0 bridgehead atoms. The van der Waals surface area contributed by atoms with Gasteiger partial charge in [-0.2, -0.15) is 0 Å². The lowest BCUT2D eigenvalue weighted by Gasteiger charge is -2.09. The highest BCUT2D eigenvalue weighted by molar-refractivity contribution is 9.10. The molecule has 0 aliphatic rings. The summed E-state index contributed by atoms with van der Waals surface area (Å²) in [6, 6.07) is 7.01. The molecule has 0 unspecified atom stereocenters. The molecular weight excluding hydrogens is 322 g/mol. The van der Waals surface area contributed by atoms with Crippen molar-refractivity contribution in [2.45, 2.75) is 13.8 Å². The number of aromatic nitrogens is 1. The molecule has 0 aliphatic heterocycles. The number of rotatable bonds is 3. The Labute approximate surface area is 124 Å². The first-order chi connectivity index (χ1) is 9.45. The van der Waals surface area contributed by atoms with E-state index in [1.165, 1.54) is 6.92 Å². The lowest BCUT2D eigenvalue weighted by Crippen LogP contribution is -2.13. The van der Waals surface area contributed by atoms with Crippen molar-refractivity contribution >= 4 is 39.1 Å². The molecule has 5 nitrogen and oxygen atoms in total. The van der Waals surface area contributed by atoms with Gasteiger partial charge in [-0.3, -0.25) is 9.59 Å². The van der Waals surface area contributed by atoms with Crippen LogP contribution >= 0.6 is 15.9 Å². The van der Waals surface area contributed by atoms with Gasteiger partial charge in [0.05, 0.1) is 0 Å². The van der Waals surface area contributed by atoms with Crippen LogP contribution in [0.25, 0.3) is 0 Å². The van der Waals surface area contributed by atoms with E-state index in [2.05, 4.69) is 31.5 Å². The van der Waals surface area contributed by atoms with E-state index in [9.17, 15) is 9.59 Å². The van der Waals surface area contributed by atoms with Crippen molar-refractivity contribution in [3.8, 4) is 0 Å². The number of nitrogens with one attached hydrogen (secondary N) is 3. The fraction of sp³-hybridized carbons (Fsp3) is 0.143. The minimum Gasteiger partial charge on any atom is -0.356 e. The first-order valence-corrected chi connectivity index (χ1v) is 6.78. The molecule has 2 amide bonds. The number of aryl methyl sites for hydroxylation is 1. The Kier molecular flexibility index (Phi) is 4.24. The second-order valence-corrected chi connectivity index (χ2v) is 5.31. The van der Waals surface area contributed by atoms with Crippen molar-refractivity contribution in [1.82, 2.24) is 4.98 Å². The number of carbonyl (C=O) groups excluding carboxylic acids is 2. The van der Waals surface area contributed by atoms with E-state index >= 15 is 0 Å². The minimum absolute atomic E-state index is 0.124. The molecule has 6 heteroatoms. The molecule has 1 heterocycles. The quantitative estimate of drug-likeness (QED) is 0.805. The van der Waals surface area contributed by atoms with Crippen LogP contribution in [-0.2, 0) is 4.79 Å². The summed E-state index contributed by atoms with van der Waals surface area (Å²) in [7, 11) is 0. The maximum absolute atomic E-state index is 12.0. The van der Waals surface area contributed by atoms with Gasteiger partial charge in [-0.25, -0.2) is 0 Å². The fourth-order valence-electron chi connectivity index (χ4n) is 1.77. The zero-order valence-corrected chi connectivity index (χ0v) is 12.7. The molecule has 0 aliphatic carbocycles. The third kappa shape index (κ3) is 3.48. The topological polar surface area (TPSA) is 74.0 Å². The van der Waals surface area contributed by atoms with Gasteiger partial charge in [0.25, 0.3) is 5.91 Å². The Morgan fingerprint density at radius 1 is 1.20 bits per heavy atom. The summed E-state index contributed by atoms with van der Waals surface area (Å²) in [5, 5.41) is 5.51. The normalized spacial score (nSPS) is 10.2. The number of hydrogen-bond donors (Lipinski definition) is 3. The van der Waals surface area contributed by atoms with E-state index in [0.717, 1.165) is 15.7 Å². The Hall–Kier alpha value is -2.08. The molecule has 20 heavy (non-hydrogen) atoms. The van der Waals surface area contributed by atoms with Crippen LogP contribution in [0.3, 0.4) is 0 Å². The fourth-order valence-corrected chi connectivity index (χ4v) is 2.11. The van der Waals surface area contributed by atoms with Gasteiger partial charge in [-0.05, 0) is 52.7 Å². The van der Waals surface area contributed by atoms with Crippen LogP contribution in [-0.4, -0.2) is 16.8 Å². The van der Waals surface area contributed by atoms with Crippen LogP contribution in [0.4, 0.5) is 11.4 Å². The highest BCUT2D eigenvalue weighted by Gasteiger charge is 2.09. The molecule has 3 N–H and O–H groups in total. The van der Waals surface area contributed by atoms with Gasteiger partial charge in [-0.1, -0.05) is 0 Å². The van der Waals surface area contributed by atoms with E-state index in [-0.39, 0.29) is 11.8 Å². The number of anilines is 2. The van der Waals surface area contributed by atoms with Crippen molar-refractivity contribution < 1.29 is 9.59 Å². The Bertz CT molecular complexity index is 664. The van der Waals surface area contributed by atoms with Crippen molar-refractivity contribution in [2.24, 2.45) is 0 Å². The van der Waals surface area contributed by atoms with Crippen molar-refractivity contribution in [1.29, 1.82) is 0 Å². The van der Waals surface area contributed by atoms with E-state index in [1.807, 2.05) is 6.92 Å². The number of aromatic amines is 1. The van der Waals surface area contributed by atoms with Crippen molar-refractivity contribution in [2.75, 3.05) is 10.6 Å². The third-order valence-corrected chi connectivity index (χ3v) is 3.15. The average molecular weight is 336 g/mol. The highest BCUT2D eigenvalue weighted by Crippen LogP contribution is 2.20. The Balaban J connectivity index is 2.12. The second kappa shape index (κ2) is 5.92. The molecular formula is C14H14BrN3O2. The van der Waals surface area contributed by atoms with Crippen LogP contribution in [0.15, 0.2) is 34.9 Å². The molecule has 0 atom stereocenters. The van der Waals surface area contributed by atoms with Gasteiger partial charge in [-0.15, -0.1) is 0 Å². The molecule has 2 rings (SSSR count). The number of amides is 2. The van der Waals surface area contributed by atoms with Gasteiger partial charge in [0.15, 0.2) is 0 Å².